The van der Waals surface area contributed by atoms with Crippen molar-refractivity contribution in [2.75, 3.05) is 7.11 Å². The molecule has 0 spiro atoms. The Labute approximate surface area is 97.3 Å². The van der Waals surface area contributed by atoms with E-state index in [-0.39, 0.29) is 10.0 Å². The molecule has 16 heavy (non-hydrogen) atoms. The van der Waals surface area contributed by atoms with Gasteiger partial charge < -0.3 is 9.47 Å². The Kier molecular flexibility index (Phi) is 3.79. The Morgan fingerprint density at radius 1 is 1.38 bits per heavy atom. The molecule has 1 rings (SSSR count). The highest BCUT2D eigenvalue weighted by Gasteiger charge is 2.32. The minimum atomic E-state index is -4.81. The van der Waals surface area contributed by atoms with Gasteiger partial charge in [-0.2, -0.15) is 0 Å². The Balaban J connectivity index is 3.09. The van der Waals surface area contributed by atoms with Gasteiger partial charge in [0.15, 0.2) is 0 Å². The van der Waals surface area contributed by atoms with Crippen LogP contribution in [-0.2, 0) is 4.74 Å². The second-order valence-electron chi connectivity index (χ2n) is 2.66. The number of methoxy groups -OCH3 is 1. The first-order chi connectivity index (χ1) is 7.35. The van der Waals surface area contributed by atoms with Crippen molar-refractivity contribution >= 4 is 21.9 Å². The highest BCUT2D eigenvalue weighted by Crippen LogP contribution is 2.33. The molecule has 0 saturated carbocycles. The van der Waals surface area contributed by atoms with Gasteiger partial charge in [-0.3, -0.25) is 0 Å². The van der Waals surface area contributed by atoms with Gasteiger partial charge in [-0.05, 0) is 28.1 Å². The molecule has 0 amide bonds. The molecule has 0 radical (unpaired) electrons. The third kappa shape index (κ3) is 3.13. The van der Waals surface area contributed by atoms with E-state index in [0.717, 1.165) is 13.2 Å². The maximum Gasteiger partial charge on any atom is 0.573 e. The van der Waals surface area contributed by atoms with Gasteiger partial charge in [-0.15, -0.1) is 13.2 Å². The number of esters is 1. The van der Waals surface area contributed by atoms with E-state index in [9.17, 15) is 18.0 Å². The SMILES string of the molecule is COC(=O)c1cccc(OC(F)(F)F)c1Br. The van der Waals surface area contributed by atoms with Crippen LogP contribution in [0, 0.1) is 0 Å². The van der Waals surface area contributed by atoms with Crippen molar-refractivity contribution in [3.63, 3.8) is 0 Å². The summed E-state index contributed by atoms with van der Waals surface area (Å²) >= 11 is 2.85. The number of carbonyl (C=O) groups excluding carboxylic acids is 1. The smallest absolute Gasteiger partial charge is 0.465 e. The lowest BCUT2D eigenvalue weighted by Crippen LogP contribution is -2.18. The summed E-state index contributed by atoms with van der Waals surface area (Å²) in [6.07, 6.45) is -4.81. The number of ether oxygens (including phenoxy) is 2. The van der Waals surface area contributed by atoms with Crippen LogP contribution in [-0.4, -0.2) is 19.4 Å². The fourth-order valence-corrected chi connectivity index (χ4v) is 1.49. The van der Waals surface area contributed by atoms with Gasteiger partial charge in [0.1, 0.15) is 5.75 Å². The summed E-state index contributed by atoms with van der Waals surface area (Å²) in [5, 5.41) is 0. The fraction of sp³-hybridized carbons (Fsp3) is 0.222. The first kappa shape index (κ1) is 12.8. The molecule has 1 aromatic carbocycles. The monoisotopic (exact) mass is 298 g/mol. The topological polar surface area (TPSA) is 35.5 Å². The van der Waals surface area contributed by atoms with E-state index in [4.69, 9.17) is 0 Å². The van der Waals surface area contributed by atoms with Gasteiger partial charge >= 0.3 is 12.3 Å². The zero-order valence-electron chi connectivity index (χ0n) is 7.97. The lowest BCUT2D eigenvalue weighted by molar-refractivity contribution is -0.274. The minimum absolute atomic E-state index is 0.0377. The first-order valence-electron chi connectivity index (χ1n) is 3.97. The Morgan fingerprint density at radius 3 is 2.50 bits per heavy atom. The van der Waals surface area contributed by atoms with Crippen molar-refractivity contribution in [1.82, 2.24) is 0 Å². The molecule has 0 bridgehead atoms. The highest BCUT2D eigenvalue weighted by molar-refractivity contribution is 9.10. The molecule has 0 atom stereocenters. The van der Waals surface area contributed by atoms with Gasteiger partial charge in [-0.1, -0.05) is 6.07 Å². The minimum Gasteiger partial charge on any atom is -0.465 e. The zero-order valence-corrected chi connectivity index (χ0v) is 9.55. The van der Waals surface area contributed by atoms with E-state index in [2.05, 4.69) is 25.4 Å². The highest BCUT2D eigenvalue weighted by atomic mass is 79.9. The van der Waals surface area contributed by atoms with Crippen molar-refractivity contribution in [2.24, 2.45) is 0 Å². The van der Waals surface area contributed by atoms with Crippen LogP contribution in [0.25, 0.3) is 0 Å². The van der Waals surface area contributed by atoms with Gasteiger partial charge in [0, 0.05) is 0 Å². The molecular formula is C9H6BrF3O3. The average molecular weight is 299 g/mol. The van der Waals surface area contributed by atoms with E-state index in [0.29, 0.717) is 0 Å². The van der Waals surface area contributed by atoms with E-state index < -0.39 is 18.1 Å². The number of hydrogen-bond donors (Lipinski definition) is 0. The molecule has 0 saturated heterocycles. The summed E-state index contributed by atoms with van der Waals surface area (Å²) in [6.45, 7) is 0. The van der Waals surface area contributed by atoms with Crippen LogP contribution in [0.4, 0.5) is 13.2 Å². The Bertz CT molecular complexity index is 403. The van der Waals surface area contributed by atoms with Crippen LogP contribution < -0.4 is 4.74 Å². The van der Waals surface area contributed by atoms with Crippen molar-refractivity contribution < 1.29 is 27.4 Å². The molecule has 0 aliphatic rings. The normalized spacial score (nSPS) is 11.1. The number of rotatable bonds is 2. The Morgan fingerprint density at radius 2 is 2.00 bits per heavy atom. The summed E-state index contributed by atoms with van der Waals surface area (Å²) in [6, 6.07) is 3.67. The number of benzene rings is 1. The maximum absolute atomic E-state index is 12.0. The molecule has 1 aromatic rings. The van der Waals surface area contributed by atoms with Crippen LogP contribution in [0.2, 0.25) is 0 Å². The second-order valence-corrected chi connectivity index (χ2v) is 3.45. The second kappa shape index (κ2) is 4.73. The molecule has 0 aliphatic carbocycles. The van der Waals surface area contributed by atoms with Crippen LogP contribution in [0.15, 0.2) is 22.7 Å². The van der Waals surface area contributed by atoms with E-state index >= 15 is 0 Å². The first-order valence-corrected chi connectivity index (χ1v) is 4.77. The van der Waals surface area contributed by atoms with Crippen molar-refractivity contribution in [1.29, 1.82) is 0 Å². The quantitative estimate of drug-likeness (QED) is 0.787. The van der Waals surface area contributed by atoms with Crippen LogP contribution in [0.3, 0.4) is 0 Å². The molecule has 0 heterocycles. The fourth-order valence-electron chi connectivity index (χ4n) is 0.982. The van der Waals surface area contributed by atoms with E-state index in [1.54, 1.807) is 0 Å². The largest absolute Gasteiger partial charge is 0.573 e. The van der Waals surface area contributed by atoms with Gasteiger partial charge in [0.05, 0.1) is 17.1 Å². The molecule has 7 heteroatoms. The molecule has 0 N–H and O–H groups in total. The average Bonchev–Trinajstić information content (AvgIpc) is 2.18. The van der Waals surface area contributed by atoms with Gasteiger partial charge in [-0.25, -0.2) is 4.79 Å². The lowest BCUT2D eigenvalue weighted by Gasteiger charge is -2.11. The third-order valence-corrected chi connectivity index (χ3v) is 2.41. The standard InChI is InChI=1S/C9H6BrF3O3/c1-15-8(14)5-3-2-4-6(7(5)10)16-9(11,12)13/h2-4H,1H3. The predicted octanol–water partition coefficient (Wildman–Crippen LogP) is 3.13. The third-order valence-electron chi connectivity index (χ3n) is 1.59. The lowest BCUT2D eigenvalue weighted by atomic mass is 10.2. The zero-order chi connectivity index (χ0) is 12.3. The number of hydrogen-bond acceptors (Lipinski definition) is 3. The van der Waals surface area contributed by atoms with E-state index in [1.807, 2.05) is 0 Å². The molecule has 0 aliphatic heterocycles. The van der Waals surface area contributed by atoms with Crippen molar-refractivity contribution in [2.45, 2.75) is 6.36 Å². The number of alkyl halides is 3. The number of halogens is 4. The maximum atomic E-state index is 12.0. The van der Waals surface area contributed by atoms with Crippen LogP contribution >= 0.6 is 15.9 Å². The molecule has 0 unspecified atom stereocenters. The summed E-state index contributed by atoms with van der Waals surface area (Å²) in [4.78, 5) is 11.2. The summed E-state index contributed by atoms with van der Waals surface area (Å²) in [7, 11) is 1.13. The van der Waals surface area contributed by atoms with Gasteiger partial charge in [0.25, 0.3) is 0 Å². The van der Waals surface area contributed by atoms with E-state index in [1.165, 1.54) is 12.1 Å². The predicted molar refractivity (Wildman–Crippen MR) is 52.2 cm³/mol. The van der Waals surface area contributed by atoms with Crippen molar-refractivity contribution in [3.8, 4) is 5.75 Å². The number of carbonyl (C=O) groups is 1. The van der Waals surface area contributed by atoms with Crippen molar-refractivity contribution in [3.05, 3.63) is 28.2 Å². The summed E-state index contributed by atoms with van der Waals surface area (Å²) in [5.74, 6) is -1.24. The summed E-state index contributed by atoms with van der Waals surface area (Å²) in [5.41, 5.74) is -0.0377. The molecule has 88 valence electrons. The molecule has 3 nitrogen and oxygen atoms in total. The Hall–Kier alpha value is -1.24. The van der Waals surface area contributed by atoms with Gasteiger partial charge in [0.2, 0.25) is 0 Å². The van der Waals surface area contributed by atoms with Crippen LogP contribution in [0.5, 0.6) is 5.75 Å². The molecular weight excluding hydrogens is 293 g/mol. The summed E-state index contributed by atoms with van der Waals surface area (Å²) < 4.78 is 43.9. The molecule has 0 aromatic heterocycles. The molecule has 0 fully saturated rings. The van der Waals surface area contributed by atoms with Crippen LogP contribution in [0.1, 0.15) is 10.4 Å².